The second-order valence-electron chi connectivity index (χ2n) is 5.08. The highest BCUT2D eigenvalue weighted by Gasteiger charge is 2.14. The average Bonchev–Trinajstić information content (AvgIpc) is 2.55. The van der Waals surface area contributed by atoms with E-state index in [0.717, 1.165) is 29.8 Å². The van der Waals surface area contributed by atoms with Crippen molar-refractivity contribution < 1.29 is 13.3 Å². The van der Waals surface area contributed by atoms with Gasteiger partial charge in [0.05, 0.1) is 9.82 Å². The van der Waals surface area contributed by atoms with Crippen molar-refractivity contribution in [2.75, 3.05) is 0 Å². The number of fused-ring (bicyclic) bond motifs is 1. The van der Waals surface area contributed by atoms with Gasteiger partial charge in [-0.25, -0.2) is 4.98 Å². The van der Waals surface area contributed by atoms with E-state index in [1.54, 1.807) is 16.7 Å². The summed E-state index contributed by atoms with van der Waals surface area (Å²) in [7, 11) is -4.00. The Labute approximate surface area is 137 Å². The molecule has 8 nitrogen and oxygen atoms in total. The van der Waals surface area contributed by atoms with Gasteiger partial charge in [0.1, 0.15) is 5.65 Å². The van der Waals surface area contributed by atoms with Crippen LogP contribution < -0.4 is 5.49 Å². The molecule has 0 fully saturated rings. The molecule has 0 aliphatic carbocycles. The largest absolute Gasteiger partial charge is 0.308 e. The van der Waals surface area contributed by atoms with Crippen LogP contribution in [0.15, 0.2) is 64.2 Å². The third kappa shape index (κ3) is 3.15. The summed E-state index contributed by atoms with van der Waals surface area (Å²) in [5.74, 6) is 0. The fourth-order valence-corrected chi connectivity index (χ4v) is 3.04. The molecule has 2 heterocycles. The van der Waals surface area contributed by atoms with Crippen molar-refractivity contribution in [2.45, 2.75) is 11.8 Å². The number of rotatable bonds is 3. The van der Waals surface area contributed by atoms with Crippen molar-refractivity contribution in [2.24, 2.45) is 4.40 Å². The summed E-state index contributed by atoms with van der Waals surface area (Å²) >= 11 is 0. The predicted octanol–water partition coefficient (Wildman–Crippen LogP) is 1.84. The maximum Gasteiger partial charge on any atom is 0.284 e. The Bertz CT molecular complexity index is 1100. The minimum atomic E-state index is -4.00. The molecule has 0 aliphatic heterocycles. The number of nitro groups is 1. The van der Waals surface area contributed by atoms with Crippen molar-refractivity contribution in [1.82, 2.24) is 9.38 Å². The van der Waals surface area contributed by atoms with Crippen LogP contribution in [0.5, 0.6) is 0 Å². The smallest absolute Gasteiger partial charge is 0.284 e. The van der Waals surface area contributed by atoms with Crippen LogP contribution >= 0.6 is 0 Å². The first kappa shape index (κ1) is 15.8. The Morgan fingerprint density at radius 1 is 1.12 bits per heavy atom. The zero-order valence-electron chi connectivity index (χ0n) is 12.5. The van der Waals surface area contributed by atoms with Gasteiger partial charge in [-0.1, -0.05) is 6.07 Å². The lowest BCUT2D eigenvalue weighted by Crippen LogP contribution is -2.13. The standard InChI is InChI=1S/C15H12N4O4S/c1-11-2-7-15-16-14(8-9-18(15)10-11)17-24(22,23)13-5-3-12(4-6-13)19(20)21/h2-10H,1H3/b17-14+. The average molecular weight is 344 g/mol. The molecule has 0 radical (unpaired) electrons. The Morgan fingerprint density at radius 3 is 2.50 bits per heavy atom. The van der Waals surface area contributed by atoms with Gasteiger partial charge in [0, 0.05) is 30.6 Å². The lowest BCUT2D eigenvalue weighted by Gasteiger charge is -2.02. The van der Waals surface area contributed by atoms with Gasteiger partial charge in [-0.2, -0.15) is 8.42 Å². The molecule has 0 atom stereocenters. The van der Waals surface area contributed by atoms with Crippen LogP contribution in [0.25, 0.3) is 5.65 Å². The zero-order valence-corrected chi connectivity index (χ0v) is 13.3. The van der Waals surface area contributed by atoms with E-state index in [4.69, 9.17) is 0 Å². The Balaban J connectivity index is 2.05. The van der Waals surface area contributed by atoms with Crippen molar-refractivity contribution in [3.8, 4) is 0 Å². The Morgan fingerprint density at radius 2 is 1.83 bits per heavy atom. The van der Waals surface area contributed by atoms with E-state index < -0.39 is 14.9 Å². The van der Waals surface area contributed by atoms with Gasteiger partial charge in [-0.3, -0.25) is 10.1 Å². The third-order valence-corrected chi connectivity index (χ3v) is 4.57. The highest BCUT2D eigenvalue weighted by molar-refractivity contribution is 7.90. The van der Waals surface area contributed by atoms with E-state index >= 15 is 0 Å². The van der Waals surface area contributed by atoms with Crippen molar-refractivity contribution in [3.63, 3.8) is 0 Å². The van der Waals surface area contributed by atoms with E-state index in [1.807, 2.05) is 19.2 Å². The minimum Gasteiger partial charge on any atom is -0.308 e. The first-order valence-electron chi connectivity index (χ1n) is 6.86. The lowest BCUT2D eigenvalue weighted by atomic mass is 10.3. The molecule has 3 aromatic rings. The summed E-state index contributed by atoms with van der Waals surface area (Å²) in [6, 6.07) is 9.63. The molecule has 0 amide bonds. The molecule has 2 aromatic heterocycles. The van der Waals surface area contributed by atoms with Crippen LogP contribution in [0.2, 0.25) is 0 Å². The van der Waals surface area contributed by atoms with Gasteiger partial charge >= 0.3 is 0 Å². The number of aromatic nitrogens is 2. The maximum absolute atomic E-state index is 12.3. The number of aryl methyl sites for hydroxylation is 1. The topological polar surface area (TPSA) is 107 Å². The highest BCUT2D eigenvalue weighted by Crippen LogP contribution is 2.17. The number of hydrogen-bond acceptors (Lipinski definition) is 5. The van der Waals surface area contributed by atoms with Crippen molar-refractivity contribution in [1.29, 1.82) is 0 Å². The Hall–Kier alpha value is -3.07. The first-order chi connectivity index (χ1) is 11.3. The normalized spacial score (nSPS) is 12.5. The lowest BCUT2D eigenvalue weighted by molar-refractivity contribution is -0.384. The number of nitro benzene ring substituents is 1. The highest BCUT2D eigenvalue weighted by atomic mass is 32.2. The van der Waals surface area contributed by atoms with Crippen LogP contribution in [0.3, 0.4) is 0 Å². The predicted molar refractivity (Wildman–Crippen MR) is 85.8 cm³/mol. The second kappa shape index (κ2) is 5.85. The molecule has 0 spiro atoms. The number of pyridine rings is 1. The third-order valence-electron chi connectivity index (χ3n) is 3.27. The van der Waals surface area contributed by atoms with Gasteiger partial charge < -0.3 is 4.40 Å². The van der Waals surface area contributed by atoms with E-state index in [-0.39, 0.29) is 16.1 Å². The molecule has 0 N–H and O–H groups in total. The van der Waals surface area contributed by atoms with E-state index in [9.17, 15) is 18.5 Å². The van der Waals surface area contributed by atoms with Crippen LogP contribution in [0, 0.1) is 17.0 Å². The van der Waals surface area contributed by atoms with Gasteiger partial charge in [-0.05, 0) is 30.7 Å². The summed E-state index contributed by atoms with van der Waals surface area (Å²) in [5.41, 5.74) is 1.44. The molecule has 0 unspecified atom stereocenters. The van der Waals surface area contributed by atoms with Crippen LogP contribution in [-0.2, 0) is 10.0 Å². The number of hydrogen-bond donors (Lipinski definition) is 0. The number of non-ortho nitro benzene ring substituents is 1. The number of nitrogens with zero attached hydrogens (tertiary/aromatic N) is 4. The quantitative estimate of drug-likeness (QED) is 0.532. The molecule has 1 aromatic carbocycles. The molecule has 0 bridgehead atoms. The molecule has 24 heavy (non-hydrogen) atoms. The summed E-state index contributed by atoms with van der Waals surface area (Å²) in [5, 5.41) is 10.6. The molecular weight excluding hydrogens is 332 g/mol. The monoisotopic (exact) mass is 344 g/mol. The fraction of sp³-hybridized carbons (Fsp3) is 0.0667. The number of benzene rings is 1. The van der Waals surface area contributed by atoms with Crippen molar-refractivity contribution >= 4 is 21.4 Å². The van der Waals surface area contributed by atoms with Crippen LogP contribution in [0.4, 0.5) is 5.69 Å². The molecule has 0 saturated carbocycles. The number of sulfonamides is 1. The van der Waals surface area contributed by atoms with Crippen LogP contribution in [-0.4, -0.2) is 22.7 Å². The van der Waals surface area contributed by atoms with Gasteiger partial charge in [0.25, 0.3) is 15.7 Å². The summed E-state index contributed by atoms with van der Waals surface area (Å²) < 4.78 is 30.0. The molecule has 0 aliphatic rings. The van der Waals surface area contributed by atoms with Gasteiger partial charge in [0.2, 0.25) is 0 Å². The summed E-state index contributed by atoms with van der Waals surface area (Å²) in [6.45, 7) is 1.93. The Kier molecular flexibility index (Phi) is 3.86. The molecule has 0 saturated heterocycles. The summed E-state index contributed by atoms with van der Waals surface area (Å²) in [4.78, 5) is 14.1. The van der Waals surface area contributed by atoms with Crippen LogP contribution in [0.1, 0.15) is 5.56 Å². The molecular formula is C15H12N4O4S. The van der Waals surface area contributed by atoms with E-state index in [2.05, 4.69) is 9.38 Å². The SMILES string of the molecule is Cc1ccc2n/c(=N/S(=O)(=O)c3ccc([N+](=O)[O-])cc3)ccn2c1. The van der Waals surface area contributed by atoms with Gasteiger partial charge in [-0.15, -0.1) is 4.40 Å². The van der Waals surface area contributed by atoms with Crippen molar-refractivity contribution in [3.05, 3.63) is 76.0 Å². The van der Waals surface area contributed by atoms with E-state index in [0.29, 0.717) is 5.65 Å². The van der Waals surface area contributed by atoms with E-state index in [1.165, 1.54) is 6.07 Å². The fourth-order valence-electron chi connectivity index (χ4n) is 2.10. The zero-order chi connectivity index (χ0) is 17.3. The summed E-state index contributed by atoms with van der Waals surface area (Å²) in [6.07, 6.45) is 3.52. The maximum atomic E-state index is 12.3. The first-order valence-corrected chi connectivity index (χ1v) is 8.30. The molecule has 122 valence electrons. The van der Waals surface area contributed by atoms with Gasteiger partial charge in [0.15, 0.2) is 5.49 Å². The molecule has 3 rings (SSSR count). The second-order valence-corrected chi connectivity index (χ2v) is 6.68. The minimum absolute atomic E-state index is 0.0391. The molecule has 9 heteroatoms.